The Bertz CT molecular complexity index is 676. The maximum absolute atomic E-state index is 11.8. The highest BCUT2D eigenvalue weighted by atomic mass is 16.4. The van der Waals surface area contributed by atoms with Crippen LogP contribution < -0.4 is 5.56 Å². The molecule has 0 spiro atoms. The summed E-state index contributed by atoms with van der Waals surface area (Å²) in [6, 6.07) is 6.18. The molecule has 0 amide bonds. The number of phenols is 1. The van der Waals surface area contributed by atoms with Crippen LogP contribution in [-0.2, 0) is 7.05 Å². The van der Waals surface area contributed by atoms with Crippen LogP contribution in [0.15, 0.2) is 35.3 Å². The molecule has 1 aromatic heterocycles. The molecule has 1 aromatic carbocycles. The summed E-state index contributed by atoms with van der Waals surface area (Å²) in [7, 11) is 1.36. The summed E-state index contributed by atoms with van der Waals surface area (Å²) in [6.07, 6.45) is 1.25. The molecule has 1 heterocycles. The molecule has 0 atom stereocenters. The molecule has 92 valence electrons. The fourth-order valence-electron chi connectivity index (χ4n) is 1.65. The van der Waals surface area contributed by atoms with Crippen molar-refractivity contribution in [2.24, 2.45) is 7.05 Å². The quantitative estimate of drug-likeness (QED) is 0.819. The molecule has 0 radical (unpaired) electrons. The smallest absolute Gasteiger partial charge is 0.342 e. The molecule has 2 aromatic rings. The summed E-state index contributed by atoms with van der Waals surface area (Å²) >= 11 is 0. The fraction of sp³-hybridized carbons (Fsp3) is 0.0833. The van der Waals surface area contributed by atoms with Gasteiger partial charge in [0.1, 0.15) is 11.3 Å². The molecule has 0 fully saturated rings. The normalized spacial score (nSPS) is 10.3. The Morgan fingerprint density at radius 2 is 1.94 bits per heavy atom. The van der Waals surface area contributed by atoms with Crippen molar-refractivity contribution in [1.82, 2.24) is 9.78 Å². The van der Waals surface area contributed by atoms with Crippen molar-refractivity contribution in [3.63, 3.8) is 0 Å². The van der Waals surface area contributed by atoms with Crippen LogP contribution in [0, 0.1) is 0 Å². The van der Waals surface area contributed by atoms with Crippen LogP contribution in [0.3, 0.4) is 0 Å². The van der Waals surface area contributed by atoms with E-state index in [1.807, 2.05) is 0 Å². The number of aryl methyl sites for hydroxylation is 1. The number of aromatic carboxylic acids is 1. The third-order valence-corrected chi connectivity index (χ3v) is 2.55. The average Bonchev–Trinajstić information content (AvgIpc) is 2.33. The average molecular weight is 246 g/mol. The number of phenolic OH excluding ortho intramolecular Hbond substituents is 1. The van der Waals surface area contributed by atoms with Crippen molar-refractivity contribution in [1.29, 1.82) is 0 Å². The SMILES string of the molecule is Cn1ncc(-c2ccccc2O)c(C(=O)O)c1=O. The lowest BCUT2D eigenvalue weighted by molar-refractivity contribution is 0.0694. The van der Waals surface area contributed by atoms with E-state index >= 15 is 0 Å². The number of para-hydroxylation sites is 1. The molecule has 0 aliphatic heterocycles. The Labute approximate surface area is 102 Å². The van der Waals surface area contributed by atoms with Gasteiger partial charge in [-0.25, -0.2) is 9.48 Å². The predicted octanol–water partition coefficient (Wildman–Crippen LogP) is 0.851. The van der Waals surface area contributed by atoms with Crippen molar-refractivity contribution in [2.45, 2.75) is 0 Å². The topological polar surface area (TPSA) is 92.4 Å². The van der Waals surface area contributed by atoms with Crippen molar-refractivity contribution in [3.8, 4) is 16.9 Å². The molecule has 18 heavy (non-hydrogen) atoms. The Kier molecular flexibility index (Phi) is 2.85. The van der Waals surface area contributed by atoms with Gasteiger partial charge >= 0.3 is 5.97 Å². The molecule has 0 saturated heterocycles. The Balaban J connectivity index is 2.81. The van der Waals surface area contributed by atoms with E-state index in [1.54, 1.807) is 12.1 Å². The summed E-state index contributed by atoms with van der Waals surface area (Å²) in [6.45, 7) is 0. The number of aromatic nitrogens is 2. The molecule has 2 rings (SSSR count). The van der Waals surface area contributed by atoms with Crippen LogP contribution >= 0.6 is 0 Å². The molecule has 0 aliphatic rings. The Morgan fingerprint density at radius 3 is 2.56 bits per heavy atom. The van der Waals surface area contributed by atoms with Gasteiger partial charge in [0.05, 0.1) is 6.20 Å². The zero-order chi connectivity index (χ0) is 13.3. The minimum atomic E-state index is -1.35. The maximum atomic E-state index is 11.8. The van der Waals surface area contributed by atoms with E-state index < -0.39 is 17.1 Å². The van der Waals surface area contributed by atoms with Gasteiger partial charge in [-0.2, -0.15) is 5.10 Å². The van der Waals surface area contributed by atoms with Gasteiger partial charge in [0.25, 0.3) is 5.56 Å². The minimum absolute atomic E-state index is 0.101. The zero-order valence-electron chi connectivity index (χ0n) is 9.49. The number of carboxylic acid groups (broad SMARTS) is 1. The summed E-state index contributed by atoms with van der Waals surface area (Å²) in [4.78, 5) is 22.9. The summed E-state index contributed by atoms with van der Waals surface area (Å²) < 4.78 is 0.937. The lowest BCUT2D eigenvalue weighted by atomic mass is 10.0. The molecule has 6 nitrogen and oxygen atoms in total. The van der Waals surface area contributed by atoms with Gasteiger partial charge in [0.15, 0.2) is 0 Å². The lowest BCUT2D eigenvalue weighted by Gasteiger charge is -2.08. The first-order chi connectivity index (χ1) is 8.52. The molecule has 0 unspecified atom stereocenters. The number of hydrogen-bond acceptors (Lipinski definition) is 4. The van der Waals surface area contributed by atoms with Crippen molar-refractivity contribution in [2.75, 3.05) is 0 Å². The first kappa shape index (κ1) is 11.8. The summed E-state index contributed by atoms with van der Waals surface area (Å²) in [5.41, 5.74) is -0.763. The van der Waals surface area contributed by atoms with Crippen LogP contribution in [0.2, 0.25) is 0 Å². The number of carboxylic acids is 1. The van der Waals surface area contributed by atoms with E-state index in [0.29, 0.717) is 0 Å². The second-order valence-corrected chi connectivity index (χ2v) is 3.68. The van der Waals surface area contributed by atoms with Gasteiger partial charge in [-0.05, 0) is 6.07 Å². The van der Waals surface area contributed by atoms with Gasteiger partial charge in [-0.15, -0.1) is 0 Å². The molecule has 6 heteroatoms. The number of carbonyl (C=O) groups is 1. The zero-order valence-corrected chi connectivity index (χ0v) is 9.49. The van der Waals surface area contributed by atoms with Gasteiger partial charge in [-0.1, -0.05) is 18.2 Å². The molecule has 2 N–H and O–H groups in total. The molecular formula is C12H10N2O4. The Hall–Kier alpha value is -2.63. The lowest BCUT2D eigenvalue weighted by Crippen LogP contribution is -2.27. The number of benzene rings is 1. The highest BCUT2D eigenvalue weighted by Gasteiger charge is 2.19. The molecule has 0 aliphatic carbocycles. The number of nitrogens with zero attached hydrogens (tertiary/aromatic N) is 2. The third-order valence-electron chi connectivity index (χ3n) is 2.55. The van der Waals surface area contributed by atoms with Crippen LogP contribution in [0.4, 0.5) is 0 Å². The van der Waals surface area contributed by atoms with Gasteiger partial charge < -0.3 is 10.2 Å². The molecule has 0 saturated carbocycles. The molecular weight excluding hydrogens is 236 g/mol. The van der Waals surface area contributed by atoms with Crippen molar-refractivity contribution in [3.05, 3.63) is 46.4 Å². The second kappa shape index (κ2) is 4.33. The van der Waals surface area contributed by atoms with E-state index in [1.165, 1.54) is 25.4 Å². The largest absolute Gasteiger partial charge is 0.507 e. The van der Waals surface area contributed by atoms with Gasteiger partial charge in [0, 0.05) is 18.2 Å². The maximum Gasteiger partial charge on any atom is 0.342 e. The first-order valence-electron chi connectivity index (χ1n) is 5.10. The van der Waals surface area contributed by atoms with Gasteiger partial charge in [-0.3, -0.25) is 4.79 Å². The minimum Gasteiger partial charge on any atom is -0.507 e. The predicted molar refractivity (Wildman–Crippen MR) is 63.5 cm³/mol. The standard InChI is InChI=1S/C12H10N2O4/c1-14-11(16)10(12(17)18)8(6-13-14)7-4-2-3-5-9(7)15/h2-6,15H,1H3,(H,17,18). The van der Waals surface area contributed by atoms with Crippen molar-refractivity contribution >= 4 is 5.97 Å². The van der Waals surface area contributed by atoms with E-state index in [2.05, 4.69) is 5.10 Å². The second-order valence-electron chi connectivity index (χ2n) is 3.68. The third kappa shape index (κ3) is 1.84. The molecule has 0 bridgehead atoms. The van der Waals surface area contributed by atoms with Crippen LogP contribution in [0.5, 0.6) is 5.75 Å². The van der Waals surface area contributed by atoms with E-state index in [9.17, 15) is 14.7 Å². The van der Waals surface area contributed by atoms with Crippen LogP contribution in [0.1, 0.15) is 10.4 Å². The monoisotopic (exact) mass is 246 g/mol. The Morgan fingerprint density at radius 1 is 1.28 bits per heavy atom. The highest BCUT2D eigenvalue weighted by Crippen LogP contribution is 2.29. The number of aromatic hydroxyl groups is 1. The number of rotatable bonds is 2. The number of hydrogen-bond donors (Lipinski definition) is 2. The highest BCUT2D eigenvalue weighted by molar-refractivity contribution is 5.96. The fourth-order valence-corrected chi connectivity index (χ4v) is 1.65. The van der Waals surface area contributed by atoms with Crippen LogP contribution in [-0.4, -0.2) is 26.0 Å². The van der Waals surface area contributed by atoms with E-state index in [0.717, 1.165) is 4.68 Å². The van der Waals surface area contributed by atoms with Gasteiger partial charge in [0.2, 0.25) is 0 Å². The summed E-state index contributed by atoms with van der Waals surface area (Å²) in [5, 5.41) is 22.6. The first-order valence-corrected chi connectivity index (χ1v) is 5.10. The summed E-state index contributed by atoms with van der Waals surface area (Å²) in [5.74, 6) is -1.45. The van der Waals surface area contributed by atoms with Crippen LogP contribution in [0.25, 0.3) is 11.1 Å². The van der Waals surface area contributed by atoms with E-state index in [-0.39, 0.29) is 16.9 Å². The van der Waals surface area contributed by atoms with E-state index in [4.69, 9.17) is 5.11 Å². The van der Waals surface area contributed by atoms with Crippen molar-refractivity contribution < 1.29 is 15.0 Å².